The van der Waals surface area contributed by atoms with Crippen LogP contribution >= 0.6 is 0 Å². The van der Waals surface area contributed by atoms with Crippen LogP contribution < -0.4 is 0 Å². The molecule has 0 spiro atoms. The van der Waals surface area contributed by atoms with Gasteiger partial charge in [-0.1, -0.05) is 6.58 Å². The summed E-state index contributed by atoms with van der Waals surface area (Å²) in [5.41, 5.74) is 0. The Bertz CT molecular complexity index is 1320. The SMILES string of the molecule is C=CC(=O)OC(F)(F)C(F)(F)C(F)(F)C(F)(F)C(F)(F)C(F)(F)C(F)(F)C(F)(F)C(F)(F)C(F)(F)C(F)(F)C(F)(F)C(F)(F)C(F)(F)C(F)(F)F. The quantitative estimate of drug-likeness (QED) is 0.0933. The highest BCUT2D eigenvalue weighted by molar-refractivity contribution is 5.81. The number of hydrogen-bond donors (Lipinski definition) is 0. The zero-order valence-electron chi connectivity index (χ0n) is 21.8. The van der Waals surface area contributed by atoms with Crippen LogP contribution in [0.25, 0.3) is 0 Å². The van der Waals surface area contributed by atoms with E-state index < -0.39 is 101 Å². The van der Waals surface area contributed by atoms with Crippen molar-refractivity contribution in [1.82, 2.24) is 0 Å². The van der Waals surface area contributed by atoms with Gasteiger partial charge in [-0.2, -0.15) is 136 Å². The van der Waals surface area contributed by atoms with Crippen molar-refractivity contribution in [3.63, 3.8) is 0 Å². The molecule has 33 heteroatoms. The van der Waals surface area contributed by atoms with Gasteiger partial charge < -0.3 is 4.74 Å². The molecular formula is C18H3F31O2. The summed E-state index contributed by atoms with van der Waals surface area (Å²) in [7, 11) is 0. The molecule has 0 unspecified atom stereocenters. The van der Waals surface area contributed by atoms with Gasteiger partial charge in [0.15, 0.2) is 0 Å². The molecule has 0 bridgehead atoms. The number of halogens is 31. The first-order chi connectivity index (χ1) is 21.5. The summed E-state index contributed by atoms with van der Waals surface area (Å²) in [6.45, 7) is 2.08. The number of ether oxygens (including phenoxy) is 1. The average molecular weight is 840 g/mol. The van der Waals surface area contributed by atoms with Crippen molar-refractivity contribution in [3.05, 3.63) is 12.7 Å². The van der Waals surface area contributed by atoms with Crippen LogP contribution in [0.5, 0.6) is 0 Å². The Morgan fingerprint density at radius 2 is 0.471 bits per heavy atom. The van der Waals surface area contributed by atoms with E-state index in [1.54, 1.807) is 0 Å². The van der Waals surface area contributed by atoms with Crippen molar-refractivity contribution in [2.75, 3.05) is 0 Å². The highest BCUT2D eigenvalue weighted by Crippen LogP contribution is 2.69. The molecule has 0 aromatic rings. The second kappa shape index (κ2) is 11.8. The van der Waals surface area contributed by atoms with Crippen molar-refractivity contribution in [2.45, 2.75) is 89.3 Å². The molecular weight excluding hydrogens is 837 g/mol. The van der Waals surface area contributed by atoms with E-state index in [1.807, 2.05) is 4.74 Å². The minimum atomic E-state index is -10.1. The van der Waals surface area contributed by atoms with E-state index in [-0.39, 0.29) is 0 Å². The highest BCUT2D eigenvalue weighted by Gasteiger charge is 3.01. The fourth-order valence-corrected chi connectivity index (χ4v) is 2.76. The van der Waals surface area contributed by atoms with Crippen LogP contribution in [0.1, 0.15) is 0 Å². The lowest BCUT2D eigenvalue weighted by Gasteiger charge is -2.46. The molecule has 0 saturated carbocycles. The first-order valence-electron chi connectivity index (χ1n) is 10.7. The van der Waals surface area contributed by atoms with Gasteiger partial charge in [0.05, 0.1) is 0 Å². The van der Waals surface area contributed by atoms with E-state index in [0.29, 0.717) is 0 Å². The highest BCUT2D eigenvalue weighted by atomic mass is 19.4. The first kappa shape index (κ1) is 48.0. The predicted molar refractivity (Wildman–Crippen MR) is 91.6 cm³/mol. The zero-order chi connectivity index (χ0) is 42.5. The molecule has 0 aromatic carbocycles. The third-order valence-corrected chi connectivity index (χ3v) is 5.85. The van der Waals surface area contributed by atoms with E-state index in [9.17, 15) is 141 Å². The Hall–Kier alpha value is -2.96. The average Bonchev–Trinajstić information content (AvgIpc) is 2.90. The largest absolute Gasteiger partial charge is 0.473 e. The van der Waals surface area contributed by atoms with Gasteiger partial charge in [-0.25, -0.2) is 4.79 Å². The van der Waals surface area contributed by atoms with Crippen molar-refractivity contribution in [1.29, 1.82) is 0 Å². The van der Waals surface area contributed by atoms with Gasteiger partial charge in [-0.05, 0) is 0 Å². The third-order valence-electron chi connectivity index (χ3n) is 5.85. The summed E-state index contributed by atoms with van der Waals surface area (Å²) in [4.78, 5) is 10.5. The fourth-order valence-electron chi connectivity index (χ4n) is 2.76. The van der Waals surface area contributed by atoms with Gasteiger partial charge in [0, 0.05) is 6.08 Å². The molecule has 0 amide bonds. The molecule has 2 nitrogen and oxygen atoms in total. The number of hydrogen-bond acceptors (Lipinski definition) is 2. The van der Waals surface area contributed by atoms with Crippen molar-refractivity contribution < 1.29 is 146 Å². The normalized spacial score (nSPS) is 16.7. The monoisotopic (exact) mass is 840 g/mol. The van der Waals surface area contributed by atoms with E-state index >= 15 is 0 Å². The Morgan fingerprint density at radius 3 is 0.627 bits per heavy atom. The minimum absolute atomic E-state index is 0.774. The van der Waals surface area contributed by atoms with Crippen LogP contribution in [0.3, 0.4) is 0 Å². The number of rotatable bonds is 15. The van der Waals surface area contributed by atoms with Crippen LogP contribution in [0, 0.1) is 0 Å². The molecule has 0 saturated heterocycles. The van der Waals surface area contributed by atoms with Gasteiger partial charge in [0.25, 0.3) is 0 Å². The molecule has 0 aliphatic heterocycles. The molecule has 0 heterocycles. The molecule has 0 aliphatic carbocycles. The maximum Gasteiger partial charge on any atom is 0.473 e. The van der Waals surface area contributed by atoms with E-state index in [0.717, 1.165) is 0 Å². The van der Waals surface area contributed by atoms with E-state index in [1.165, 1.54) is 0 Å². The van der Waals surface area contributed by atoms with Crippen molar-refractivity contribution in [3.8, 4) is 0 Å². The van der Waals surface area contributed by atoms with Crippen LogP contribution in [0.4, 0.5) is 136 Å². The Labute approximate surface area is 255 Å². The summed E-state index contributed by atoms with van der Waals surface area (Å²) in [5, 5.41) is 0. The Balaban J connectivity index is 7.64. The standard InChI is InChI=1S/C18H3F31O2/c1-2-3(50)51-18(48,49)16(43,44)14(39,40)12(35,36)10(31,32)8(27,28)6(23,24)4(19,20)5(21,22)7(25,26)9(29,30)11(33,34)13(37,38)15(41,42)17(45,46)47/h2H,1H2. The summed E-state index contributed by atoms with van der Waals surface area (Å²) in [6.07, 6.45) is -16.9. The van der Waals surface area contributed by atoms with Gasteiger partial charge >= 0.3 is 95.2 Å². The molecule has 304 valence electrons. The van der Waals surface area contributed by atoms with Crippen LogP contribution in [0.15, 0.2) is 12.7 Å². The second-order valence-electron chi connectivity index (χ2n) is 9.11. The smallest absolute Gasteiger partial charge is 0.393 e. The number of carbonyl (C=O) groups is 1. The summed E-state index contributed by atoms with van der Waals surface area (Å²) >= 11 is 0. The van der Waals surface area contributed by atoms with Crippen LogP contribution in [0.2, 0.25) is 0 Å². The van der Waals surface area contributed by atoms with Crippen molar-refractivity contribution in [2.24, 2.45) is 0 Å². The first-order valence-corrected chi connectivity index (χ1v) is 10.7. The number of alkyl halides is 31. The van der Waals surface area contributed by atoms with Crippen molar-refractivity contribution >= 4 is 5.97 Å². The molecule has 0 aromatic heterocycles. The number of carbonyl (C=O) groups excluding carboxylic acids is 1. The molecule has 0 fully saturated rings. The topological polar surface area (TPSA) is 26.3 Å². The van der Waals surface area contributed by atoms with Gasteiger partial charge in [-0.15, -0.1) is 0 Å². The molecule has 51 heavy (non-hydrogen) atoms. The number of esters is 1. The molecule has 0 atom stereocenters. The third kappa shape index (κ3) is 5.64. The summed E-state index contributed by atoms with van der Waals surface area (Å²) < 4.78 is 417. The molecule has 0 rings (SSSR count). The molecule has 0 aliphatic rings. The van der Waals surface area contributed by atoms with Crippen LogP contribution in [-0.2, 0) is 9.53 Å². The minimum Gasteiger partial charge on any atom is -0.393 e. The Morgan fingerprint density at radius 1 is 0.314 bits per heavy atom. The van der Waals surface area contributed by atoms with Gasteiger partial charge in [-0.3, -0.25) is 0 Å². The van der Waals surface area contributed by atoms with Gasteiger partial charge in [0.1, 0.15) is 0 Å². The van der Waals surface area contributed by atoms with Gasteiger partial charge in [0.2, 0.25) is 0 Å². The summed E-state index contributed by atoms with van der Waals surface area (Å²) in [6, 6.07) is 0. The zero-order valence-corrected chi connectivity index (χ0v) is 21.8. The van der Waals surface area contributed by atoms with E-state index in [4.69, 9.17) is 0 Å². The fraction of sp³-hybridized carbons (Fsp3) is 0.833. The van der Waals surface area contributed by atoms with Crippen LogP contribution in [-0.4, -0.2) is 95.2 Å². The molecule has 0 N–H and O–H groups in total. The molecule has 0 radical (unpaired) electrons. The second-order valence-corrected chi connectivity index (χ2v) is 9.11. The lowest BCUT2D eigenvalue weighted by atomic mass is 9.83. The lowest BCUT2D eigenvalue weighted by molar-refractivity contribution is -0.492. The Kier molecular flexibility index (Phi) is 11.1. The van der Waals surface area contributed by atoms with E-state index in [2.05, 4.69) is 6.58 Å². The predicted octanol–water partition coefficient (Wildman–Crippen LogP) is 10.1. The maximum absolute atomic E-state index is 13.8. The summed E-state index contributed by atoms with van der Waals surface area (Å²) in [5.74, 6) is -129. The maximum atomic E-state index is 13.8. The lowest BCUT2D eigenvalue weighted by Crippen LogP contribution is -2.79.